The van der Waals surface area contributed by atoms with Crippen molar-refractivity contribution in [2.75, 3.05) is 6.61 Å². The summed E-state index contributed by atoms with van der Waals surface area (Å²) in [6, 6.07) is 23.6. The molecule has 7 heteroatoms. The average molecular weight is 526 g/mol. The van der Waals surface area contributed by atoms with E-state index in [1.165, 1.54) is 16.3 Å². The van der Waals surface area contributed by atoms with Crippen LogP contribution in [0.5, 0.6) is 5.75 Å². The lowest BCUT2D eigenvalue weighted by molar-refractivity contribution is -0.137. The molecule has 1 heterocycles. The van der Waals surface area contributed by atoms with Crippen LogP contribution in [0.15, 0.2) is 79.0 Å². The molecular weight excluding hydrogens is 494 g/mol. The number of hydrogen-bond acceptors (Lipinski definition) is 4. The Bertz CT molecular complexity index is 1470. The fourth-order valence-electron chi connectivity index (χ4n) is 4.50. The maximum Gasteiger partial charge on any atom is 0.307 e. The van der Waals surface area contributed by atoms with Crippen molar-refractivity contribution in [1.29, 1.82) is 0 Å². The van der Waals surface area contributed by atoms with Crippen LogP contribution in [0.2, 0.25) is 0 Å². The predicted molar refractivity (Wildman–Crippen MR) is 151 cm³/mol. The summed E-state index contributed by atoms with van der Waals surface area (Å²) < 4.78 is 7.24. The number of ether oxygens (including phenoxy) is 1. The van der Waals surface area contributed by atoms with Gasteiger partial charge in [-0.15, -0.1) is 0 Å². The molecule has 7 nitrogen and oxygen atoms in total. The predicted octanol–water partition coefficient (Wildman–Crippen LogP) is 6.35. The van der Waals surface area contributed by atoms with E-state index in [1.807, 2.05) is 48.6 Å². The number of nitrogens with zero attached hydrogens (tertiary/aromatic N) is 1. The molecule has 1 aromatic heterocycles. The Kier molecular flexibility index (Phi) is 9.29. The number of aromatic nitrogens is 1. The number of aryl methyl sites for hydroxylation is 1. The van der Waals surface area contributed by atoms with Crippen LogP contribution in [0.4, 0.5) is 0 Å². The first-order valence-corrected chi connectivity index (χ1v) is 13.0. The van der Waals surface area contributed by atoms with Crippen LogP contribution in [0.25, 0.3) is 23.1 Å². The minimum atomic E-state index is -1.06. The zero-order valence-corrected chi connectivity index (χ0v) is 21.6. The molecule has 0 bridgehead atoms. The molecule has 4 rings (SSSR count). The zero-order chi connectivity index (χ0) is 27.6. The first-order chi connectivity index (χ1) is 18.9. The summed E-state index contributed by atoms with van der Waals surface area (Å²) >= 11 is 0. The summed E-state index contributed by atoms with van der Waals surface area (Å²) in [5.74, 6) is -1.67. The summed E-state index contributed by atoms with van der Waals surface area (Å²) in [5.41, 5.74) is 4.10. The molecule has 0 radical (unpaired) electrons. The molecule has 0 spiro atoms. The summed E-state index contributed by atoms with van der Waals surface area (Å²) in [6.45, 7) is 0.651. The molecule has 0 saturated carbocycles. The first-order valence-electron chi connectivity index (χ1n) is 13.0. The van der Waals surface area contributed by atoms with Crippen molar-refractivity contribution in [2.24, 2.45) is 0 Å². The number of rotatable bonds is 13. The third kappa shape index (κ3) is 7.68. The summed E-state index contributed by atoms with van der Waals surface area (Å²) in [6.07, 6.45) is 7.67. The second-order valence-corrected chi connectivity index (χ2v) is 9.32. The third-order valence-electron chi connectivity index (χ3n) is 6.41. The van der Waals surface area contributed by atoms with Gasteiger partial charge in [0.05, 0.1) is 25.0 Å². The molecule has 39 heavy (non-hydrogen) atoms. The normalized spacial score (nSPS) is 11.2. The van der Waals surface area contributed by atoms with Crippen molar-refractivity contribution >= 4 is 40.9 Å². The van der Waals surface area contributed by atoms with E-state index in [2.05, 4.69) is 24.3 Å². The zero-order valence-electron chi connectivity index (χ0n) is 21.6. The fourth-order valence-corrected chi connectivity index (χ4v) is 4.50. The van der Waals surface area contributed by atoms with Crippen LogP contribution < -0.4 is 4.74 Å². The van der Waals surface area contributed by atoms with Gasteiger partial charge in [-0.2, -0.15) is 0 Å². The Labute approximate surface area is 227 Å². The molecule has 4 aromatic rings. The van der Waals surface area contributed by atoms with Crippen molar-refractivity contribution in [3.63, 3.8) is 0 Å². The highest BCUT2D eigenvalue weighted by Crippen LogP contribution is 2.28. The lowest BCUT2D eigenvalue weighted by Crippen LogP contribution is -2.11. The molecule has 0 amide bonds. The summed E-state index contributed by atoms with van der Waals surface area (Å²) in [7, 11) is 0. The van der Waals surface area contributed by atoms with Crippen LogP contribution in [-0.2, 0) is 22.4 Å². The SMILES string of the molecule is O=C(O)CCC(=O)n1cc(CC(=O)O)c2c(/C=C/c3ccc(OCCCCc4ccccc4)cc3)cccc21. The van der Waals surface area contributed by atoms with E-state index in [1.54, 1.807) is 12.1 Å². The minimum absolute atomic E-state index is 0.173. The number of carbonyl (C=O) groups excluding carboxylic acids is 1. The molecule has 0 unspecified atom stereocenters. The molecule has 0 saturated heterocycles. The van der Waals surface area contributed by atoms with Crippen molar-refractivity contribution in [3.05, 3.63) is 101 Å². The number of benzene rings is 3. The van der Waals surface area contributed by atoms with Crippen LogP contribution >= 0.6 is 0 Å². The molecule has 2 N–H and O–H groups in total. The molecule has 200 valence electrons. The quantitative estimate of drug-likeness (QED) is 0.156. The second kappa shape index (κ2) is 13.2. The summed E-state index contributed by atoms with van der Waals surface area (Å²) in [5, 5.41) is 19.0. The van der Waals surface area contributed by atoms with Gasteiger partial charge in [-0.3, -0.25) is 19.0 Å². The van der Waals surface area contributed by atoms with Gasteiger partial charge in [0.25, 0.3) is 0 Å². The van der Waals surface area contributed by atoms with Crippen LogP contribution in [0.1, 0.15) is 52.7 Å². The Hall–Kier alpha value is -4.65. The molecule has 0 aliphatic heterocycles. The highest BCUT2D eigenvalue weighted by Gasteiger charge is 2.18. The Morgan fingerprint density at radius 2 is 1.56 bits per heavy atom. The van der Waals surface area contributed by atoms with Gasteiger partial charge in [0, 0.05) is 18.0 Å². The van der Waals surface area contributed by atoms with Gasteiger partial charge in [-0.25, -0.2) is 0 Å². The fraction of sp³-hybridized carbons (Fsp3) is 0.219. The lowest BCUT2D eigenvalue weighted by atomic mass is 10.0. The third-order valence-corrected chi connectivity index (χ3v) is 6.41. The van der Waals surface area contributed by atoms with Gasteiger partial charge in [-0.1, -0.05) is 66.7 Å². The van der Waals surface area contributed by atoms with Crippen LogP contribution in [-0.4, -0.2) is 39.2 Å². The van der Waals surface area contributed by atoms with Gasteiger partial charge in [0.1, 0.15) is 5.75 Å². The molecule has 0 atom stereocenters. The smallest absolute Gasteiger partial charge is 0.307 e. The number of aliphatic carboxylic acids is 2. The monoisotopic (exact) mass is 525 g/mol. The molecule has 0 aliphatic carbocycles. The Morgan fingerprint density at radius 1 is 0.795 bits per heavy atom. The van der Waals surface area contributed by atoms with Crippen LogP contribution in [0.3, 0.4) is 0 Å². The van der Waals surface area contributed by atoms with Crippen molar-refractivity contribution < 1.29 is 29.3 Å². The van der Waals surface area contributed by atoms with Gasteiger partial charge in [-0.05, 0) is 59.7 Å². The molecule has 3 aromatic carbocycles. The summed E-state index contributed by atoms with van der Waals surface area (Å²) in [4.78, 5) is 35.1. The van der Waals surface area contributed by atoms with E-state index >= 15 is 0 Å². The van der Waals surface area contributed by atoms with Gasteiger partial charge in [0.15, 0.2) is 0 Å². The molecule has 0 fully saturated rings. The second-order valence-electron chi connectivity index (χ2n) is 9.32. The maximum absolute atomic E-state index is 12.7. The van der Waals surface area contributed by atoms with E-state index in [4.69, 9.17) is 9.84 Å². The highest BCUT2D eigenvalue weighted by molar-refractivity contribution is 6.01. The minimum Gasteiger partial charge on any atom is -0.494 e. The van der Waals surface area contributed by atoms with E-state index in [0.29, 0.717) is 23.1 Å². The standard InChI is InChI=1S/C32H31NO6/c34-29(18-19-30(35)36)33-22-26(21-31(37)38)32-25(10-6-11-28(32)33)15-12-24-13-16-27(17-14-24)39-20-5-4-9-23-7-2-1-3-8-23/h1-3,6-8,10-17,22H,4-5,9,18-21H2,(H,35,36)(H,37,38)/b15-12+. The average Bonchev–Trinajstić information content (AvgIpc) is 3.30. The Morgan fingerprint density at radius 3 is 2.28 bits per heavy atom. The van der Waals surface area contributed by atoms with Crippen molar-refractivity contribution in [2.45, 2.75) is 38.5 Å². The lowest BCUT2D eigenvalue weighted by Gasteiger charge is -2.07. The highest BCUT2D eigenvalue weighted by atomic mass is 16.5. The molecule has 0 aliphatic rings. The number of unbranched alkanes of at least 4 members (excludes halogenated alkanes) is 1. The largest absolute Gasteiger partial charge is 0.494 e. The van der Waals surface area contributed by atoms with Gasteiger partial charge in [0.2, 0.25) is 5.91 Å². The van der Waals surface area contributed by atoms with E-state index in [0.717, 1.165) is 36.1 Å². The number of carboxylic acid groups (broad SMARTS) is 2. The van der Waals surface area contributed by atoms with E-state index in [-0.39, 0.29) is 19.3 Å². The number of fused-ring (bicyclic) bond motifs is 1. The Balaban J connectivity index is 1.43. The maximum atomic E-state index is 12.7. The number of carbonyl (C=O) groups is 3. The van der Waals surface area contributed by atoms with E-state index < -0.39 is 17.8 Å². The number of carboxylic acids is 2. The van der Waals surface area contributed by atoms with Crippen molar-refractivity contribution in [3.8, 4) is 5.75 Å². The van der Waals surface area contributed by atoms with Crippen molar-refractivity contribution in [1.82, 2.24) is 4.57 Å². The topological polar surface area (TPSA) is 106 Å². The number of hydrogen-bond donors (Lipinski definition) is 2. The van der Waals surface area contributed by atoms with Crippen LogP contribution in [0, 0.1) is 0 Å². The van der Waals surface area contributed by atoms with E-state index in [9.17, 15) is 19.5 Å². The first kappa shape index (κ1) is 27.4. The van der Waals surface area contributed by atoms with Gasteiger partial charge >= 0.3 is 11.9 Å². The molecular formula is C32H31NO6. The van der Waals surface area contributed by atoms with Gasteiger partial charge < -0.3 is 14.9 Å².